The quantitative estimate of drug-likeness (QED) is 0.731. The summed E-state index contributed by atoms with van der Waals surface area (Å²) < 4.78 is 5.78. The Labute approximate surface area is 152 Å². The summed E-state index contributed by atoms with van der Waals surface area (Å²) in [6.07, 6.45) is 0. The average Bonchev–Trinajstić information content (AvgIpc) is 2.67. The van der Waals surface area contributed by atoms with Gasteiger partial charge in [0.15, 0.2) is 0 Å². The van der Waals surface area contributed by atoms with Gasteiger partial charge in [-0.05, 0) is 48.9 Å². The number of anilines is 1. The van der Waals surface area contributed by atoms with Crippen LogP contribution in [-0.2, 0) is 6.61 Å². The summed E-state index contributed by atoms with van der Waals surface area (Å²) in [7, 11) is 0. The lowest BCUT2D eigenvalue weighted by Gasteiger charge is -2.10. The number of carbonyl (C=O) groups excluding carboxylic acids is 1. The van der Waals surface area contributed by atoms with E-state index in [1.54, 1.807) is 24.3 Å². The van der Waals surface area contributed by atoms with E-state index < -0.39 is 0 Å². The molecule has 0 unspecified atom stereocenters. The third-order valence-corrected chi connectivity index (χ3v) is 3.83. The summed E-state index contributed by atoms with van der Waals surface area (Å²) >= 11 is 0. The van der Waals surface area contributed by atoms with Crippen LogP contribution in [0.2, 0.25) is 0 Å². The molecule has 0 bridgehead atoms. The third-order valence-electron chi connectivity index (χ3n) is 3.83. The number of carbonyl (C=O) groups is 1. The summed E-state index contributed by atoms with van der Waals surface area (Å²) in [6, 6.07) is 24.1. The molecule has 0 atom stereocenters. The molecule has 0 spiro atoms. The summed E-state index contributed by atoms with van der Waals surface area (Å²) in [4.78, 5) is 12.3. The molecule has 0 radical (unpaired) electrons. The van der Waals surface area contributed by atoms with E-state index >= 15 is 0 Å². The molecule has 3 aromatic carbocycles. The van der Waals surface area contributed by atoms with Crippen LogP contribution in [0.5, 0.6) is 5.75 Å². The fraction of sp³-hybridized carbons (Fsp3) is 0.0909. The lowest BCUT2D eigenvalue weighted by atomic mass is 10.1. The van der Waals surface area contributed by atoms with Crippen LogP contribution in [0.1, 0.15) is 27.0 Å². The SMILES string of the molecule is Cc1cccc(C(=O)Nc2cccc(OCc3cccc(C#N)c3)c2)c1. The van der Waals surface area contributed by atoms with E-state index in [2.05, 4.69) is 11.4 Å². The highest BCUT2D eigenvalue weighted by atomic mass is 16.5. The van der Waals surface area contributed by atoms with E-state index in [0.717, 1.165) is 11.1 Å². The molecule has 3 aromatic rings. The topological polar surface area (TPSA) is 62.1 Å². The summed E-state index contributed by atoms with van der Waals surface area (Å²) in [5.74, 6) is 0.488. The Morgan fingerprint density at radius 3 is 2.65 bits per heavy atom. The molecular formula is C22H18N2O2. The lowest BCUT2D eigenvalue weighted by Crippen LogP contribution is -2.12. The van der Waals surface area contributed by atoms with Gasteiger partial charge in [-0.15, -0.1) is 0 Å². The van der Waals surface area contributed by atoms with Gasteiger partial charge in [0.2, 0.25) is 0 Å². The third kappa shape index (κ3) is 4.49. The number of hydrogen-bond acceptors (Lipinski definition) is 3. The Morgan fingerprint density at radius 1 is 1.04 bits per heavy atom. The van der Waals surface area contributed by atoms with E-state index in [1.807, 2.05) is 55.5 Å². The fourth-order valence-electron chi connectivity index (χ4n) is 2.55. The van der Waals surface area contributed by atoms with Gasteiger partial charge in [-0.1, -0.05) is 35.9 Å². The second-order valence-electron chi connectivity index (χ2n) is 5.95. The Bertz CT molecular complexity index is 974. The first-order valence-electron chi connectivity index (χ1n) is 8.24. The first-order chi connectivity index (χ1) is 12.6. The van der Waals surface area contributed by atoms with E-state index in [-0.39, 0.29) is 5.91 Å². The number of aryl methyl sites for hydroxylation is 1. The Hall–Kier alpha value is -3.58. The van der Waals surface area contributed by atoms with Gasteiger partial charge in [-0.3, -0.25) is 4.79 Å². The number of nitrogens with one attached hydrogen (secondary N) is 1. The maximum atomic E-state index is 12.3. The van der Waals surface area contributed by atoms with Crippen LogP contribution in [0.3, 0.4) is 0 Å². The second kappa shape index (κ2) is 8.00. The van der Waals surface area contributed by atoms with Crippen molar-refractivity contribution in [3.05, 3.63) is 95.1 Å². The van der Waals surface area contributed by atoms with Crippen molar-refractivity contribution in [3.63, 3.8) is 0 Å². The fourth-order valence-corrected chi connectivity index (χ4v) is 2.55. The van der Waals surface area contributed by atoms with E-state index in [4.69, 9.17) is 10.00 Å². The van der Waals surface area contributed by atoms with E-state index in [9.17, 15) is 4.79 Å². The van der Waals surface area contributed by atoms with Crippen LogP contribution in [0, 0.1) is 18.3 Å². The van der Waals surface area contributed by atoms with Gasteiger partial charge in [0.1, 0.15) is 12.4 Å². The van der Waals surface area contributed by atoms with Crippen LogP contribution in [0.15, 0.2) is 72.8 Å². The number of nitrogens with zero attached hydrogens (tertiary/aromatic N) is 1. The first-order valence-corrected chi connectivity index (χ1v) is 8.24. The number of benzene rings is 3. The van der Waals surface area contributed by atoms with Crippen molar-refractivity contribution in [2.45, 2.75) is 13.5 Å². The zero-order valence-electron chi connectivity index (χ0n) is 14.4. The van der Waals surface area contributed by atoms with Crippen LogP contribution < -0.4 is 10.1 Å². The van der Waals surface area contributed by atoms with Crippen molar-refractivity contribution in [2.24, 2.45) is 0 Å². The molecule has 0 saturated carbocycles. The Kier molecular flexibility index (Phi) is 5.31. The first kappa shape index (κ1) is 17.2. The molecular weight excluding hydrogens is 324 g/mol. The van der Waals surface area contributed by atoms with Gasteiger partial charge in [0.25, 0.3) is 5.91 Å². The number of hydrogen-bond donors (Lipinski definition) is 1. The van der Waals surface area contributed by atoms with Crippen LogP contribution in [0.25, 0.3) is 0 Å². The standard InChI is InChI=1S/C22H18N2O2/c1-16-5-2-8-19(11-16)22(25)24-20-9-4-10-21(13-20)26-15-18-7-3-6-17(12-18)14-23/h2-13H,15H2,1H3,(H,24,25). The molecule has 0 aliphatic heterocycles. The molecule has 0 aliphatic rings. The van der Waals surface area contributed by atoms with Gasteiger partial charge >= 0.3 is 0 Å². The van der Waals surface area contributed by atoms with Gasteiger partial charge in [-0.25, -0.2) is 0 Å². The molecule has 4 nitrogen and oxygen atoms in total. The average molecular weight is 342 g/mol. The number of amides is 1. The minimum Gasteiger partial charge on any atom is -0.489 e. The minimum absolute atomic E-state index is 0.160. The molecule has 1 amide bonds. The molecule has 0 fully saturated rings. The molecule has 0 aromatic heterocycles. The van der Waals surface area contributed by atoms with Gasteiger partial charge in [-0.2, -0.15) is 5.26 Å². The van der Waals surface area contributed by atoms with Crippen molar-refractivity contribution < 1.29 is 9.53 Å². The zero-order valence-corrected chi connectivity index (χ0v) is 14.4. The Morgan fingerprint density at radius 2 is 1.85 bits per heavy atom. The van der Waals surface area contributed by atoms with Crippen LogP contribution >= 0.6 is 0 Å². The normalized spacial score (nSPS) is 10.0. The van der Waals surface area contributed by atoms with Crippen LogP contribution in [0.4, 0.5) is 5.69 Å². The summed E-state index contributed by atoms with van der Waals surface area (Å²) in [6.45, 7) is 2.30. The van der Waals surface area contributed by atoms with Crippen molar-refractivity contribution in [3.8, 4) is 11.8 Å². The maximum absolute atomic E-state index is 12.3. The van der Waals surface area contributed by atoms with Gasteiger partial charge < -0.3 is 10.1 Å². The smallest absolute Gasteiger partial charge is 0.255 e. The monoisotopic (exact) mass is 342 g/mol. The predicted molar refractivity (Wildman–Crippen MR) is 101 cm³/mol. The predicted octanol–water partition coefficient (Wildman–Crippen LogP) is 4.70. The highest BCUT2D eigenvalue weighted by Crippen LogP contribution is 2.20. The van der Waals surface area contributed by atoms with Crippen molar-refractivity contribution >= 4 is 11.6 Å². The van der Waals surface area contributed by atoms with E-state index in [0.29, 0.717) is 29.2 Å². The molecule has 0 heterocycles. The van der Waals surface area contributed by atoms with Crippen LogP contribution in [-0.4, -0.2) is 5.91 Å². The van der Waals surface area contributed by atoms with Gasteiger partial charge in [0.05, 0.1) is 11.6 Å². The Balaban J connectivity index is 1.66. The highest BCUT2D eigenvalue weighted by molar-refractivity contribution is 6.04. The molecule has 0 saturated heterocycles. The lowest BCUT2D eigenvalue weighted by molar-refractivity contribution is 0.102. The summed E-state index contributed by atoms with van der Waals surface area (Å²) in [5.41, 5.74) is 3.84. The molecule has 4 heteroatoms. The van der Waals surface area contributed by atoms with Crippen molar-refractivity contribution in [1.82, 2.24) is 0 Å². The highest BCUT2D eigenvalue weighted by Gasteiger charge is 2.07. The molecule has 128 valence electrons. The number of rotatable bonds is 5. The van der Waals surface area contributed by atoms with Crippen molar-refractivity contribution in [2.75, 3.05) is 5.32 Å². The zero-order chi connectivity index (χ0) is 18.4. The van der Waals surface area contributed by atoms with E-state index in [1.165, 1.54) is 0 Å². The van der Waals surface area contributed by atoms with Gasteiger partial charge in [0, 0.05) is 17.3 Å². The molecule has 3 rings (SSSR count). The molecule has 0 aliphatic carbocycles. The maximum Gasteiger partial charge on any atom is 0.255 e. The molecule has 1 N–H and O–H groups in total. The minimum atomic E-state index is -0.160. The van der Waals surface area contributed by atoms with Crippen molar-refractivity contribution in [1.29, 1.82) is 5.26 Å². The number of nitriles is 1. The largest absolute Gasteiger partial charge is 0.489 e. The summed E-state index contributed by atoms with van der Waals surface area (Å²) in [5, 5.41) is 11.8. The second-order valence-corrected chi connectivity index (χ2v) is 5.95. The molecule has 26 heavy (non-hydrogen) atoms. The number of ether oxygens (including phenoxy) is 1.